The molecule has 3 nitrogen and oxygen atoms in total. The molecule has 0 radical (unpaired) electrons. The van der Waals surface area contributed by atoms with E-state index in [0.717, 1.165) is 11.3 Å². The summed E-state index contributed by atoms with van der Waals surface area (Å²) in [4.78, 5) is 17.2. The van der Waals surface area contributed by atoms with E-state index in [9.17, 15) is 4.79 Å². The first-order chi connectivity index (χ1) is 11.4. The molecule has 0 unspecified atom stereocenters. The molecular weight excluding hydrogens is 363 g/mol. The summed E-state index contributed by atoms with van der Waals surface area (Å²) in [6.45, 7) is 4.03. The van der Waals surface area contributed by atoms with Gasteiger partial charge in [0.15, 0.2) is 5.17 Å². The molecule has 6 heteroatoms. The van der Waals surface area contributed by atoms with Gasteiger partial charge in [-0.1, -0.05) is 53.0 Å². The van der Waals surface area contributed by atoms with Crippen molar-refractivity contribution in [1.29, 1.82) is 0 Å². The largest absolute Gasteiger partial charge is 0.300 e. The number of hydrogen-bond donors (Lipinski definition) is 1. The van der Waals surface area contributed by atoms with Crippen molar-refractivity contribution in [1.82, 2.24) is 5.32 Å². The predicted molar refractivity (Wildman–Crippen MR) is 103 cm³/mol. The fourth-order valence-electron chi connectivity index (χ4n) is 2.29. The van der Waals surface area contributed by atoms with Crippen LogP contribution in [0.3, 0.4) is 0 Å². The lowest BCUT2D eigenvalue weighted by atomic mass is 10.1. The maximum atomic E-state index is 12.2. The quantitative estimate of drug-likeness (QED) is 0.702. The third-order valence-electron chi connectivity index (χ3n) is 3.49. The molecule has 3 rings (SSSR count). The lowest BCUT2D eigenvalue weighted by Crippen LogP contribution is -2.19. The van der Waals surface area contributed by atoms with Gasteiger partial charge in [-0.05, 0) is 54.9 Å². The zero-order chi connectivity index (χ0) is 17.3. The molecule has 1 amide bonds. The second-order valence-corrected chi connectivity index (χ2v) is 7.23. The minimum absolute atomic E-state index is 0.195. The Labute approximate surface area is 154 Å². The minimum Gasteiger partial charge on any atom is -0.300 e. The molecule has 24 heavy (non-hydrogen) atoms. The monoisotopic (exact) mass is 376 g/mol. The Kier molecular flexibility index (Phi) is 4.99. The Morgan fingerprint density at radius 2 is 1.96 bits per heavy atom. The van der Waals surface area contributed by atoms with E-state index in [1.807, 2.05) is 32.0 Å². The van der Waals surface area contributed by atoms with Crippen LogP contribution in [0.4, 0.5) is 5.69 Å². The van der Waals surface area contributed by atoms with Crippen molar-refractivity contribution in [2.24, 2.45) is 4.99 Å². The lowest BCUT2D eigenvalue weighted by Gasteiger charge is -2.02. The smallest absolute Gasteiger partial charge is 0.264 e. The molecule has 1 N–H and O–H groups in total. The van der Waals surface area contributed by atoms with Crippen LogP contribution in [0.5, 0.6) is 0 Å². The normalized spacial score (nSPS) is 17.6. The molecule has 0 aromatic heterocycles. The van der Waals surface area contributed by atoms with E-state index in [0.29, 0.717) is 25.7 Å². The second kappa shape index (κ2) is 7.01. The maximum absolute atomic E-state index is 12.2. The number of aliphatic imine (C=N–C) groups is 1. The van der Waals surface area contributed by atoms with Crippen LogP contribution >= 0.6 is 35.0 Å². The first kappa shape index (κ1) is 17.1. The molecule has 1 heterocycles. The van der Waals surface area contributed by atoms with Gasteiger partial charge >= 0.3 is 0 Å². The Bertz CT molecular complexity index is 891. The molecule has 122 valence electrons. The van der Waals surface area contributed by atoms with Gasteiger partial charge < -0.3 is 5.32 Å². The van der Waals surface area contributed by atoms with Crippen LogP contribution in [0.1, 0.15) is 16.7 Å². The number of rotatable bonds is 2. The molecule has 1 saturated heterocycles. The number of amidine groups is 1. The fourth-order valence-corrected chi connectivity index (χ4v) is 3.48. The average molecular weight is 377 g/mol. The number of benzene rings is 2. The molecule has 0 saturated carbocycles. The van der Waals surface area contributed by atoms with Crippen LogP contribution in [0.15, 0.2) is 46.3 Å². The molecular formula is C18H14Cl2N2OS. The van der Waals surface area contributed by atoms with Crippen LogP contribution in [-0.2, 0) is 4.79 Å². The van der Waals surface area contributed by atoms with Gasteiger partial charge in [-0.25, -0.2) is 4.99 Å². The third-order valence-corrected chi connectivity index (χ3v) is 5.24. The van der Waals surface area contributed by atoms with Crippen molar-refractivity contribution in [3.63, 3.8) is 0 Å². The van der Waals surface area contributed by atoms with Gasteiger partial charge in [-0.15, -0.1) is 0 Å². The molecule has 0 atom stereocenters. The van der Waals surface area contributed by atoms with Gasteiger partial charge in [0, 0.05) is 0 Å². The number of halogens is 2. The molecule has 1 aliphatic heterocycles. The average Bonchev–Trinajstić information content (AvgIpc) is 2.87. The molecule has 0 spiro atoms. The highest BCUT2D eigenvalue weighted by molar-refractivity contribution is 8.18. The highest BCUT2D eigenvalue weighted by Crippen LogP contribution is 2.32. The summed E-state index contributed by atoms with van der Waals surface area (Å²) < 4.78 is 0. The highest BCUT2D eigenvalue weighted by atomic mass is 35.5. The van der Waals surface area contributed by atoms with Crippen molar-refractivity contribution in [3.8, 4) is 0 Å². The first-order valence-corrected chi connectivity index (χ1v) is 8.82. The van der Waals surface area contributed by atoms with E-state index in [-0.39, 0.29) is 5.91 Å². The van der Waals surface area contributed by atoms with Gasteiger partial charge in [-0.2, -0.15) is 0 Å². The Morgan fingerprint density at radius 3 is 2.71 bits per heavy atom. The van der Waals surface area contributed by atoms with Crippen LogP contribution in [0.25, 0.3) is 6.08 Å². The van der Waals surface area contributed by atoms with Crippen molar-refractivity contribution in [3.05, 3.63) is 68.0 Å². The summed E-state index contributed by atoms with van der Waals surface area (Å²) in [7, 11) is 0. The van der Waals surface area contributed by atoms with E-state index in [1.165, 1.54) is 17.3 Å². The number of carbonyl (C=O) groups is 1. The SMILES string of the molecule is Cc1ccc(N=C2NC(=O)C(=Cc3cccc(Cl)c3Cl)S2)c(C)c1. The van der Waals surface area contributed by atoms with Crippen LogP contribution < -0.4 is 5.32 Å². The van der Waals surface area contributed by atoms with Gasteiger partial charge in [-0.3, -0.25) is 4.79 Å². The van der Waals surface area contributed by atoms with E-state index in [4.69, 9.17) is 23.2 Å². The molecule has 0 aliphatic carbocycles. The Hall–Kier alpha value is -1.75. The van der Waals surface area contributed by atoms with Gasteiger partial charge in [0.05, 0.1) is 20.6 Å². The summed E-state index contributed by atoms with van der Waals surface area (Å²) >= 11 is 13.5. The van der Waals surface area contributed by atoms with Crippen molar-refractivity contribution in [2.75, 3.05) is 0 Å². The Balaban J connectivity index is 1.89. The van der Waals surface area contributed by atoms with E-state index < -0.39 is 0 Å². The third kappa shape index (κ3) is 3.66. The number of thioether (sulfide) groups is 1. The molecule has 1 aliphatic rings. The first-order valence-electron chi connectivity index (χ1n) is 7.25. The zero-order valence-electron chi connectivity index (χ0n) is 13.1. The number of hydrogen-bond acceptors (Lipinski definition) is 3. The number of carbonyl (C=O) groups excluding carboxylic acids is 1. The summed E-state index contributed by atoms with van der Waals surface area (Å²) in [6.07, 6.45) is 1.72. The van der Waals surface area contributed by atoms with Gasteiger partial charge in [0.25, 0.3) is 5.91 Å². The van der Waals surface area contributed by atoms with Gasteiger partial charge in [0.2, 0.25) is 0 Å². The van der Waals surface area contributed by atoms with E-state index in [1.54, 1.807) is 18.2 Å². The molecule has 0 bridgehead atoms. The lowest BCUT2D eigenvalue weighted by molar-refractivity contribution is -0.115. The summed E-state index contributed by atoms with van der Waals surface area (Å²) in [5.74, 6) is -0.195. The predicted octanol–water partition coefficient (Wildman–Crippen LogP) is 5.50. The summed E-state index contributed by atoms with van der Waals surface area (Å²) in [6, 6.07) is 11.3. The number of nitrogens with one attached hydrogen (secondary N) is 1. The number of nitrogens with zero attached hydrogens (tertiary/aromatic N) is 1. The highest BCUT2D eigenvalue weighted by Gasteiger charge is 2.24. The Morgan fingerprint density at radius 1 is 1.17 bits per heavy atom. The van der Waals surface area contributed by atoms with Crippen LogP contribution in [-0.4, -0.2) is 11.1 Å². The van der Waals surface area contributed by atoms with E-state index >= 15 is 0 Å². The summed E-state index contributed by atoms with van der Waals surface area (Å²) in [5.41, 5.74) is 3.78. The van der Waals surface area contributed by atoms with Crippen molar-refractivity contribution >= 4 is 57.8 Å². The molecule has 1 fully saturated rings. The summed E-state index contributed by atoms with van der Waals surface area (Å²) in [5, 5.41) is 4.22. The fraction of sp³-hybridized carbons (Fsp3) is 0.111. The minimum atomic E-state index is -0.195. The van der Waals surface area contributed by atoms with Crippen LogP contribution in [0, 0.1) is 13.8 Å². The van der Waals surface area contributed by atoms with Crippen molar-refractivity contribution < 1.29 is 4.79 Å². The number of amides is 1. The van der Waals surface area contributed by atoms with Crippen molar-refractivity contribution in [2.45, 2.75) is 13.8 Å². The maximum Gasteiger partial charge on any atom is 0.264 e. The molecule has 2 aromatic carbocycles. The topological polar surface area (TPSA) is 41.5 Å². The van der Waals surface area contributed by atoms with E-state index in [2.05, 4.69) is 16.4 Å². The van der Waals surface area contributed by atoms with Crippen LogP contribution in [0.2, 0.25) is 10.0 Å². The second-order valence-electron chi connectivity index (χ2n) is 5.41. The molecule has 2 aromatic rings. The zero-order valence-corrected chi connectivity index (χ0v) is 15.4. The number of aryl methyl sites for hydroxylation is 2. The standard InChI is InChI=1S/C18H14Cl2N2OS/c1-10-6-7-14(11(2)8-10)21-18-22-17(23)15(24-18)9-12-4-3-5-13(19)16(12)20/h3-9H,1-2H3,(H,21,22,23). The van der Waals surface area contributed by atoms with Gasteiger partial charge in [0.1, 0.15) is 0 Å².